The molecule has 1 aliphatic heterocycles. The molecule has 0 spiro atoms. The fourth-order valence-electron chi connectivity index (χ4n) is 3.62. The molecule has 4 unspecified atom stereocenters. The average Bonchev–Trinajstić information content (AvgIpc) is 3.10. The fraction of sp³-hybridized carbons (Fsp3) is 0.438. The molecule has 1 saturated heterocycles. The number of para-hydroxylation sites is 1. The third-order valence-electron chi connectivity index (χ3n) is 4.80. The predicted octanol–water partition coefficient (Wildman–Crippen LogP) is 0.941. The Bertz CT molecular complexity index is 681. The Balaban J connectivity index is 1.44. The third kappa shape index (κ3) is 2.04. The summed E-state index contributed by atoms with van der Waals surface area (Å²) in [5, 5.41) is 4.14. The number of amides is 1. The molecule has 2 fully saturated rings. The smallest absolute Gasteiger partial charge is 0.224 e. The molecule has 1 saturated carbocycles. The summed E-state index contributed by atoms with van der Waals surface area (Å²) < 4.78 is 5.64. The van der Waals surface area contributed by atoms with Gasteiger partial charge in [-0.05, 0) is 18.1 Å². The summed E-state index contributed by atoms with van der Waals surface area (Å²) in [4.78, 5) is 15.4. The number of H-pyrrole nitrogens is 1. The van der Waals surface area contributed by atoms with Crippen LogP contribution in [0.2, 0.25) is 0 Å². The number of rotatable bonds is 3. The first-order valence-corrected chi connectivity index (χ1v) is 7.45. The highest BCUT2D eigenvalue weighted by Crippen LogP contribution is 2.37. The van der Waals surface area contributed by atoms with E-state index in [-0.39, 0.29) is 24.1 Å². The van der Waals surface area contributed by atoms with E-state index >= 15 is 0 Å². The van der Waals surface area contributed by atoms with Gasteiger partial charge in [-0.25, -0.2) is 0 Å². The Labute approximate surface area is 122 Å². The van der Waals surface area contributed by atoms with Crippen molar-refractivity contribution in [1.82, 2.24) is 10.3 Å². The molecular formula is C16H19N3O2. The monoisotopic (exact) mass is 285 g/mol. The molecule has 5 nitrogen and oxygen atoms in total. The van der Waals surface area contributed by atoms with Gasteiger partial charge in [-0.3, -0.25) is 4.79 Å². The zero-order chi connectivity index (χ0) is 14.4. The molecule has 1 aromatic carbocycles. The highest BCUT2D eigenvalue weighted by molar-refractivity contribution is 5.89. The molecule has 4 N–H and O–H groups in total. The number of benzene rings is 1. The second kappa shape index (κ2) is 4.86. The number of carbonyl (C=O) groups is 1. The molecule has 110 valence electrons. The molecule has 21 heavy (non-hydrogen) atoms. The topological polar surface area (TPSA) is 80.1 Å². The Morgan fingerprint density at radius 2 is 2.29 bits per heavy atom. The van der Waals surface area contributed by atoms with Crippen LogP contribution in [-0.4, -0.2) is 35.7 Å². The van der Waals surface area contributed by atoms with Crippen LogP contribution in [0.5, 0.6) is 0 Å². The van der Waals surface area contributed by atoms with Crippen molar-refractivity contribution in [2.24, 2.45) is 11.7 Å². The van der Waals surface area contributed by atoms with Gasteiger partial charge in [0.05, 0.1) is 18.6 Å². The van der Waals surface area contributed by atoms with Crippen LogP contribution < -0.4 is 11.1 Å². The maximum Gasteiger partial charge on any atom is 0.224 e. The first kappa shape index (κ1) is 12.9. The Morgan fingerprint density at radius 3 is 3.19 bits per heavy atom. The average molecular weight is 285 g/mol. The predicted molar refractivity (Wildman–Crippen MR) is 79.8 cm³/mol. The van der Waals surface area contributed by atoms with Gasteiger partial charge in [0, 0.05) is 35.7 Å². The fourth-order valence-corrected chi connectivity index (χ4v) is 3.62. The van der Waals surface area contributed by atoms with E-state index in [1.54, 1.807) is 0 Å². The van der Waals surface area contributed by atoms with E-state index in [0.717, 1.165) is 29.5 Å². The quantitative estimate of drug-likeness (QED) is 0.785. The SMILES string of the molecule is NC1C2CCOC2C1NC(=O)Cc1c[nH]c2ccccc12. The summed E-state index contributed by atoms with van der Waals surface area (Å²) in [6.07, 6.45) is 3.40. The lowest BCUT2D eigenvalue weighted by Crippen LogP contribution is -2.69. The Hall–Kier alpha value is -1.85. The van der Waals surface area contributed by atoms with Crippen LogP contribution >= 0.6 is 0 Å². The number of fused-ring (bicyclic) bond motifs is 2. The van der Waals surface area contributed by atoms with Gasteiger partial charge in [0.15, 0.2) is 0 Å². The van der Waals surface area contributed by atoms with Gasteiger partial charge in [-0.15, -0.1) is 0 Å². The van der Waals surface area contributed by atoms with E-state index in [4.69, 9.17) is 10.5 Å². The number of hydrogen-bond acceptors (Lipinski definition) is 3. The summed E-state index contributed by atoms with van der Waals surface area (Å²) in [7, 11) is 0. The largest absolute Gasteiger partial charge is 0.376 e. The van der Waals surface area contributed by atoms with Gasteiger partial charge < -0.3 is 20.8 Å². The van der Waals surface area contributed by atoms with Gasteiger partial charge >= 0.3 is 0 Å². The molecule has 1 amide bonds. The molecule has 5 heteroatoms. The van der Waals surface area contributed by atoms with Crippen LogP contribution in [-0.2, 0) is 16.0 Å². The Kier molecular flexibility index (Phi) is 2.97. The van der Waals surface area contributed by atoms with E-state index in [1.807, 2.05) is 30.5 Å². The first-order chi connectivity index (χ1) is 10.2. The lowest BCUT2D eigenvalue weighted by atomic mass is 9.72. The van der Waals surface area contributed by atoms with Crippen molar-refractivity contribution in [3.05, 3.63) is 36.0 Å². The molecular weight excluding hydrogens is 266 g/mol. The summed E-state index contributed by atoms with van der Waals surface area (Å²) >= 11 is 0. The van der Waals surface area contributed by atoms with E-state index in [9.17, 15) is 4.79 Å². The van der Waals surface area contributed by atoms with Crippen LogP contribution in [0.4, 0.5) is 0 Å². The number of hydrogen-bond donors (Lipinski definition) is 3. The van der Waals surface area contributed by atoms with Crippen molar-refractivity contribution in [2.75, 3.05) is 6.61 Å². The molecule has 0 radical (unpaired) electrons. The van der Waals surface area contributed by atoms with E-state index in [1.165, 1.54) is 0 Å². The third-order valence-corrected chi connectivity index (χ3v) is 4.80. The molecule has 2 aliphatic rings. The molecule has 4 rings (SSSR count). The van der Waals surface area contributed by atoms with E-state index in [0.29, 0.717) is 12.3 Å². The maximum atomic E-state index is 12.3. The number of ether oxygens (including phenoxy) is 1. The molecule has 0 bridgehead atoms. The van der Waals surface area contributed by atoms with Gasteiger partial charge in [-0.1, -0.05) is 18.2 Å². The lowest BCUT2D eigenvalue weighted by Gasteiger charge is -2.45. The van der Waals surface area contributed by atoms with Crippen molar-refractivity contribution in [3.63, 3.8) is 0 Å². The highest BCUT2D eigenvalue weighted by Gasteiger charge is 2.52. The second-order valence-corrected chi connectivity index (χ2v) is 5.99. The second-order valence-electron chi connectivity index (χ2n) is 5.99. The number of aromatic nitrogens is 1. The van der Waals surface area contributed by atoms with Crippen LogP contribution in [0.25, 0.3) is 10.9 Å². The standard InChI is InChI=1S/C16H19N3O2/c17-14-11-5-6-21-16(11)15(14)19-13(20)7-9-8-18-12-4-2-1-3-10(9)12/h1-4,8,11,14-16,18H,5-7,17H2,(H,19,20). The normalized spacial score (nSPS) is 30.9. The van der Waals surface area contributed by atoms with Crippen molar-refractivity contribution in [3.8, 4) is 0 Å². The molecule has 4 atom stereocenters. The highest BCUT2D eigenvalue weighted by atomic mass is 16.5. The van der Waals surface area contributed by atoms with Crippen LogP contribution in [0.3, 0.4) is 0 Å². The van der Waals surface area contributed by atoms with Crippen molar-refractivity contribution < 1.29 is 9.53 Å². The zero-order valence-electron chi connectivity index (χ0n) is 11.7. The number of nitrogens with two attached hydrogens (primary N) is 1. The van der Waals surface area contributed by atoms with Crippen molar-refractivity contribution >= 4 is 16.8 Å². The molecule has 1 aliphatic carbocycles. The maximum absolute atomic E-state index is 12.3. The number of nitrogens with one attached hydrogen (secondary N) is 2. The molecule has 2 aromatic rings. The van der Waals surface area contributed by atoms with E-state index in [2.05, 4.69) is 10.3 Å². The van der Waals surface area contributed by atoms with Crippen LogP contribution in [0.15, 0.2) is 30.5 Å². The Morgan fingerprint density at radius 1 is 1.43 bits per heavy atom. The first-order valence-electron chi connectivity index (χ1n) is 7.45. The van der Waals surface area contributed by atoms with Gasteiger partial charge in [0.2, 0.25) is 5.91 Å². The summed E-state index contributed by atoms with van der Waals surface area (Å²) in [5.41, 5.74) is 8.19. The summed E-state index contributed by atoms with van der Waals surface area (Å²) in [6.45, 7) is 0.762. The summed E-state index contributed by atoms with van der Waals surface area (Å²) in [6, 6.07) is 8.00. The minimum absolute atomic E-state index is 0.00848. The van der Waals surface area contributed by atoms with Crippen LogP contribution in [0.1, 0.15) is 12.0 Å². The number of aromatic amines is 1. The van der Waals surface area contributed by atoms with Gasteiger partial charge in [0.25, 0.3) is 0 Å². The summed E-state index contributed by atoms with van der Waals surface area (Å²) in [5.74, 6) is 0.428. The molecule has 1 aromatic heterocycles. The van der Waals surface area contributed by atoms with Crippen molar-refractivity contribution in [2.45, 2.75) is 31.0 Å². The minimum Gasteiger partial charge on any atom is -0.376 e. The lowest BCUT2D eigenvalue weighted by molar-refractivity contribution is -0.125. The van der Waals surface area contributed by atoms with Crippen molar-refractivity contribution in [1.29, 1.82) is 0 Å². The van der Waals surface area contributed by atoms with Gasteiger partial charge in [0.1, 0.15) is 0 Å². The van der Waals surface area contributed by atoms with E-state index < -0.39 is 0 Å². The molecule has 2 heterocycles. The zero-order valence-corrected chi connectivity index (χ0v) is 11.7. The van der Waals surface area contributed by atoms with Gasteiger partial charge in [-0.2, -0.15) is 0 Å². The number of carbonyl (C=O) groups excluding carboxylic acids is 1. The van der Waals surface area contributed by atoms with Crippen LogP contribution in [0, 0.1) is 5.92 Å². The minimum atomic E-state index is -0.0322.